The number of nitrogens with one attached hydrogen (secondary N) is 1. The fourth-order valence-corrected chi connectivity index (χ4v) is 2.36. The van der Waals surface area contributed by atoms with E-state index in [9.17, 15) is 17.6 Å². The summed E-state index contributed by atoms with van der Waals surface area (Å²) in [4.78, 5) is 0. The zero-order valence-electron chi connectivity index (χ0n) is 10.2. The van der Waals surface area contributed by atoms with E-state index in [1.807, 2.05) is 0 Å². The molecule has 106 valence electrons. The van der Waals surface area contributed by atoms with Crippen molar-refractivity contribution in [2.75, 3.05) is 6.54 Å². The van der Waals surface area contributed by atoms with Crippen LogP contribution in [0, 0.1) is 5.82 Å². The van der Waals surface area contributed by atoms with Gasteiger partial charge in [0.1, 0.15) is 5.82 Å². The van der Waals surface area contributed by atoms with Gasteiger partial charge in [0.05, 0.1) is 0 Å². The number of fused-ring (bicyclic) bond motifs is 1. The number of hydrogen-bond acceptors (Lipinski definition) is 2. The summed E-state index contributed by atoms with van der Waals surface area (Å²) >= 11 is 0. The van der Waals surface area contributed by atoms with Crippen LogP contribution >= 0.6 is 0 Å². The summed E-state index contributed by atoms with van der Waals surface area (Å²) < 4.78 is 49.7. The van der Waals surface area contributed by atoms with Crippen molar-refractivity contribution >= 4 is 0 Å². The molecule has 6 heteroatoms. The van der Waals surface area contributed by atoms with Crippen molar-refractivity contribution in [2.45, 2.75) is 37.6 Å². The highest BCUT2D eigenvalue weighted by molar-refractivity contribution is 5.32. The van der Waals surface area contributed by atoms with Crippen molar-refractivity contribution in [3.05, 3.63) is 35.1 Å². The van der Waals surface area contributed by atoms with E-state index in [0.717, 1.165) is 24.0 Å². The van der Waals surface area contributed by atoms with Crippen LogP contribution in [0.4, 0.5) is 17.6 Å². The molecule has 0 saturated heterocycles. The molecule has 1 aliphatic rings. The zero-order chi connectivity index (χ0) is 14.0. The molecule has 0 amide bonds. The largest absolute Gasteiger partial charge is 0.415 e. The molecule has 1 aromatic rings. The molecule has 0 bridgehead atoms. The lowest BCUT2D eigenvalue weighted by molar-refractivity contribution is -0.202. The molecule has 2 nitrogen and oxygen atoms in total. The standard InChI is InChI=1S/C13H15F4NO/c14-9-4-5-10-8(6-9)2-1-3-11(10)18-7-12(19)13(15,16)17/h4-6,11-12,18-19H,1-3,7H2/t11?,12-/m0/s1. The first-order valence-corrected chi connectivity index (χ1v) is 6.14. The van der Waals surface area contributed by atoms with Crippen molar-refractivity contribution in [1.82, 2.24) is 5.32 Å². The Kier molecular flexibility index (Phi) is 4.10. The molecular formula is C13H15F4NO. The molecule has 0 heterocycles. The van der Waals surface area contributed by atoms with E-state index in [4.69, 9.17) is 5.11 Å². The van der Waals surface area contributed by atoms with E-state index in [0.29, 0.717) is 6.42 Å². The molecule has 0 spiro atoms. The maximum absolute atomic E-state index is 13.1. The Hall–Kier alpha value is -1.14. The van der Waals surface area contributed by atoms with Crippen molar-refractivity contribution in [1.29, 1.82) is 0 Å². The highest BCUT2D eigenvalue weighted by Crippen LogP contribution is 2.30. The Labute approximate surface area is 108 Å². The second kappa shape index (κ2) is 5.46. The van der Waals surface area contributed by atoms with Gasteiger partial charge in [0.25, 0.3) is 0 Å². The maximum atomic E-state index is 13.1. The van der Waals surface area contributed by atoms with Gasteiger partial charge in [0.15, 0.2) is 6.10 Å². The molecule has 0 saturated carbocycles. The Morgan fingerprint density at radius 3 is 2.79 bits per heavy atom. The SMILES string of the molecule is O[C@@H](CNC1CCCc2cc(F)ccc21)C(F)(F)F. The van der Waals surface area contributed by atoms with Gasteiger partial charge in [0.2, 0.25) is 0 Å². The normalized spacial score (nSPS) is 21.0. The van der Waals surface area contributed by atoms with E-state index >= 15 is 0 Å². The highest BCUT2D eigenvalue weighted by Gasteiger charge is 2.38. The monoisotopic (exact) mass is 277 g/mol. The Bertz CT molecular complexity index is 447. The second-order valence-corrected chi connectivity index (χ2v) is 4.75. The number of benzene rings is 1. The number of halogens is 4. The highest BCUT2D eigenvalue weighted by atomic mass is 19.4. The van der Waals surface area contributed by atoms with E-state index < -0.39 is 18.8 Å². The minimum absolute atomic E-state index is 0.263. The Balaban J connectivity index is 2.04. The lowest BCUT2D eigenvalue weighted by atomic mass is 9.87. The molecule has 2 atom stereocenters. The molecule has 19 heavy (non-hydrogen) atoms. The summed E-state index contributed by atoms with van der Waals surface area (Å²) in [5.41, 5.74) is 1.65. The molecule has 0 aromatic heterocycles. The number of aliphatic hydroxyl groups is 1. The van der Waals surface area contributed by atoms with Crippen LogP contribution in [0.5, 0.6) is 0 Å². The van der Waals surface area contributed by atoms with Crippen LogP contribution in [-0.4, -0.2) is 23.9 Å². The lowest BCUT2D eigenvalue weighted by Crippen LogP contribution is -2.40. The number of rotatable bonds is 3. The summed E-state index contributed by atoms with van der Waals surface area (Å²) in [5.74, 6) is -0.338. The molecule has 1 aromatic carbocycles. The molecule has 2 rings (SSSR count). The van der Waals surface area contributed by atoms with Crippen LogP contribution in [-0.2, 0) is 6.42 Å². The predicted molar refractivity (Wildman–Crippen MR) is 62.1 cm³/mol. The van der Waals surface area contributed by atoms with Gasteiger partial charge in [-0.05, 0) is 42.5 Å². The van der Waals surface area contributed by atoms with Gasteiger partial charge in [-0.2, -0.15) is 13.2 Å². The number of aliphatic hydroxyl groups excluding tert-OH is 1. The van der Waals surface area contributed by atoms with Crippen molar-refractivity contribution in [3.63, 3.8) is 0 Å². The van der Waals surface area contributed by atoms with Crippen molar-refractivity contribution < 1.29 is 22.7 Å². The number of hydrogen-bond donors (Lipinski definition) is 2. The average Bonchev–Trinajstić information content (AvgIpc) is 2.34. The minimum atomic E-state index is -4.62. The average molecular weight is 277 g/mol. The molecule has 0 fully saturated rings. The van der Waals surface area contributed by atoms with Gasteiger partial charge in [-0.15, -0.1) is 0 Å². The maximum Gasteiger partial charge on any atom is 0.415 e. The van der Waals surface area contributed by atoms with E-state index in [-0.39, 0.29) is 11.9 Å². The van der Waals surface area contributed by atoms with E-state index in [1.54, 1.807) is 6.07 Å². The summed E-state index contributed by atoms with van der Waals surface area (Å²) in [6.45, 7) is -0.551. The summed E-state index contributed by atoms with van der Waals surface area (Å²) in [6, 6.07) is 4.06. The Morgan fingerprint density at radius 2 is 2.11 bits per heavy atom. The van der Waals surface area contributed by atoms with Crippen LogP contribution in [0.15, 0.2) is 18.2 Å². The molecule has 0 radical (unpaired) electrons. The van der Waals surface area contributed by atoms with Crippen LogP contribution in [0.3, 0.4) is 0 Å². The van der Waals surface area contributed by atoms with Gasteiger partial charge in [-0.25, -0.2) is 4.39 Å². The molecular weight excluding hydrogens is 262 g/mol. The first-order chi connectivity index (χ1) is 8.88. The summed E-state index contributed by atoms with van der Waals surface area (Å²) in [6.07, 6.45) is -4.79. The van der Waals surface area contributed by atoms with Gasteiger partial charge < -0.3 is 10.4 Å². The fourth-order valence-electron chi connectivity index (χ4n) is 2.36. The van der Waals surface area contributed by atoms with Crippen LogP contribution in [0.2, 0.25) is 0 Å². The lowest BCUT2D eigenvalue weighted by Gasteiger charge is -2.27. The van der Waals surface area contributed by atoms with Crippen molar-refractivity contribution in [3.8, 4) is 0 Å². The first kappa shape index (κ1) is 14.3. The smallest absolute Gasteiger partial charge is 0.382 e. The van der Waals surface area contributed by atoms with Gasteiger partial charge in [0, 0.05) is 12.6 Å². The quantitative estimate of drug-likeness (QED) is 0.833. The van der Waals surface area contributed by atoms with E-state index in [1.165, 1.54) is 12.1 Å². The molecule has 1 unspecified atom stereocenters. The molecule has 0 aliphatic heterocycles. The van der Waals surface area contributed by atoms with Crippen LogP contribution in [0.25, 0.3) is 0 Å². The van der Waals surface area contributed by atoms with Crippen molar-refractivity contribution in [2.24, 2.45) is 0 Å². The predicted octanol–water partition coefficient (Wildman–Crippen LogP) is 2.72. The minimum Gasteiger partial charge on any atom is -0.382 e. The molecule has 1 aliphatic carbocycles. The number of aryl methyl sites for hydroxylation is 1. The topological polar surface area (TPSA) is 32.3 Å². The third-order valence-corrected chi connectivity index (χ3v) is 3.35. The summed E-state index contributed by atoms with van der Waals surface area (Å²) in [7, 11) is 0. The Morgan fingerprint density at radius 1 is 1.37 bits per heavy atom. The molecule has 2 N–H and O–H groups in total. The second-order valence-electron chi connectivity index (χ2n) is 4.75. The van der Waals surface area contributed by atoms with Gasteiger partial charge in [-0.1, -0.05) is 6.07 Å². The fraction of sp³-hybridized carbons (Fsp3) is 0.538. The third kappa shape index (κ3) is 3.45. The third-order valence-electron chi connectivity index (χ3n) is 3.35. The van der Waals surface area contributed by atoms with Gasteiger partial charge in [-0.3, -0.25) is 0 Å². The van der Waals surface area contributed by atoms with Crippen LogP contribution in [0.1, 0.15) is 30.0 Å². The van der Waals surface area contributed by atoms with E-state index in [2.05, 4.69) is 5.32 Å². The summed E-state index contributed by atoms with van der Waals surface area (Å²) in [5, 5.41) is 11.7. The number of alkyl halides is 3. The first-order valence-electron chi connectivity index (χ1n) is 6.14. The van der Waals surface area contributed by atoms with Gasteiger partial charge >= 0.3 is 6.18 Å². The zero-order valence-corrected chi connectivity index (χ0v) is 10.2. The van der Waals surface area contributed by atoms with Crippen LogP contribution < -0.4 is 5.32 Å².